The van der Waals surface area contributed by atoms with Gasteiger partial charge in [-0.25, -0.2) is 0 Å². The van der Waals surface area contributed by atoms with Gasteiger partial charge >= 0.3 is 0 Å². The van der Waals surface area contributed by atoms with Crippen molar-refractivity contribution in [1.82, 2.24) is 4.90 Å². The normalized spacial score (nSPS) is 18.6. The number of hydrogen-bond acceptors (Lipinski definition) is 2. The molecule has 0 saturated heterocycles. The number of nitrogens with zero attached hydrogens (tertiary/aromatic N) is 1. The largest absolute Gasteiger partial charge is 0.399 e. The Kier molecular flexibility index (Phi) is 4.58. The molecule has 0 aliphatic carbocycles. The topological polar surface area (TPSA) is 46.3 Å². The Balaban J connectivity index is 1.73. The van der Waals surface area contributed by atoms with Crippen LogP contribution in [0.5, 0.6) is 0 Å². The molecular weight excluding hydrogens is 379 g/mol. The van der Waals surface area contributed by atoms with E-state index in [-0.39, 0.29) is 5.91 Å². The summed E-state index contributed by atoms with van der Waals surface area (Å²) >= 11 is 13.2. The molecule has 4 rings (SSSR count). The van der Waals surface area contributed by atoms with Crippen LogP contribution in [0.25, 0.3) is 0 Å². The van der Waals surface area contributed by atoms with Crippen molar-refractivity contribution >= 4 is 34.8 Å². The number of benzene rings is 3. The third-order valence-corrected chi connectivity index (χ3v) is 5.84. The minimum atomic E-state index is -1.05. The minimum Gasteiger partial charge on any atom is -0.399 e. The quantitative estimate of drug-likeness (QED) is 0.380. The molecule has 0 fully saturated rings. The van der Waals surface area contributed by atoms with E-state index in [0.29, 0.717) is 23.6 Å². The summed E-state index contributed by atoms with van der Waals surface area (Å²) in [6.07, 6.45) is 0.683. The van der Waals surface area contributed by atoms with E-state index in [1.54, 1.807) is 17.0 Å². The molecule has 2 N–H and O–H groups in total. The molecule has 0 radical (unpaired) electrons. The van der Waals surface area contributed by atoms with Gasteiger partial charge in [0.1, 0.15) is 0 Å². The van der Waals surface area contributed by atoms with Crippen LogP contribution in [-0.2, 0) is 11.4 Å². The zero-order valence-corrected chi connectivity index (χ0v) is 16.0. The number of carbonyl (C=O) groups is 1. The maximum Gasteiger partial charge on any atom is 0.256 e. The molecule has 3 nitrogen and oxygen atoms in total. The molecule has 3 aromatic carbocycles. The van der Waals surface area contributed by atoms with Gasteiger partial charge in [0.25, 0.3) is 5.91 Å². The summed E-state index contributed by atoms with van der Waals surface area (Å²) in [5, 5.41) is 0.630. The zero-order valence-electron chi connectivity index (χ0n) is 14.5. The van der Waals surface area contributed by atoms with Gasteiger partial charge < -0.3 is 10.6 Å². The second-order valence-electron chi connectivity index (χ2n) is 6.62. The van der Waals surface area contributed by atoms with E-state index in [1.807, 2.05) is 60.7 Å². The molecule has 1 amide bonds. The molecule has 1 heterocycles. The van der Waals surface area contributed by atoms with Crippen LogP contribution in [0.1, 0.15) is 27.0 Å². The highest BCUT2D eigenvalue weighted by Gasteiger charge is 2.49. The van der Waals surface area contributed by atoms with Crippen molar-refractivity contribution in [2.75, 3.05) is 12.3 Å². The number of fused-ring (bicyclic) bond motifs is 1. The predicted molar refractivity (Wildman–Crippen MR) is 110 cm³/mol. The van der Waals surface area contributed by atoms with Gasteiger partial charge in [0.2, 0.25) is 0 Å². The Morgan fingerprint density at radius 1 is 0.926 bits per heavy atom. The first-order valence-corrected chi connectivity index (χ1v) is 9.46. The number of nitrogen functional groups attached to an aromatic ring is 1. The number of alkyl halides is 1. The van der Waals surface area contributed by atoms with E-state index in [4.69, 9.17) is 28.9 Å². The highest BCUT2D eigenvalue weighted by atomic mass is 35.5. The summed E-state index contributed by atoms with van der Waals surface area (Å²) in [6.45, 7) is 0.490. The van der Waals surface area contributed by atoms with E-state index in [9.17, 15) is 4.79 Å². The molecule has 0 saturated carbocycles. The first kappa shape index (κ1) is 17.9. The van der Waals surface area contributed by atoms with Crippen LogP contribution in [0, 0.1) is 0 Å². The Bertz CT molecular complexity index is 986. The lowest BCUT2D eigenvalue weighted by atomic mass is 9.97. The van der Waals surface area contributed by atoms with Crippen LogP contribution in [-0.4, -0.2) is 17.4 Å². The van der Waals surface area contributed by atoms with E-state index < -0.39 is 5.00 Å². The lowest BCUT2D eigenvalue weighted by Gasteiger charge is -2.34. The van der Waals surface area contributed by atoms with Crippen molar-refractivity contribution < 1.29 is 4.79 Å². The van der Waals surface area contributed by atoms with Crippen LogP contribution in [0.15, 0.2) is 72.8 Å². The number of carbonyl (C=O) groups excluding carboxylic acids is 1. The van der Waals surface area contributed by atoms with Gasteiger partial charge in [-0.15, -0.1) is 0 Å². The van der Waals surface area contributed by atoms with Gasteiger partial charge in [-0.05, 0) is 47.9 Å². The van der Waals surface area contributed by atoms with E-state index in [1.165, 1.54) is 0 Å². The molecule has 136 valence electrons. The average molecular weight is 397 g/mol. The Morgan fingerprint density at radius 2 is 1.59 bits per heavy atom. The summed E-state index contributed by atoms with van der Waals surface area (Å²) in [5.41, 5.74) is 9.84. The van der Waals surface area contributed by atoms with Crippen LogP contribution in [0.3, 0.4) is 0 Å². The Morgan fingerprint density at radius 3 is 2.30 bits per heavy atom. The van der Waals surface area contributed by atoms with Gasteiger partial charge in [-0.2, -0.15) is 0 Å². The third-order valence-electron chi connectivity index (χ3n) is 4.96. The van der Waals surface area contributed by atoms with Crippen molar-refractivity contribution in [1.29, 1.82) is 0 Å². The van der Waals surface area contributed by atoms with E-state index >= 15 is 0 Å². The molecule has 1 aliphatic heterocycles. The van der Waals surface area contributed by atoms with Crippen molar-refractivity contribution in [2.45, 2.75) is 11.4 Å². The summed E-state index contributed by atoms with van der Waals surface area (Å²) < 4.78 is 0. The fourth-order valence-corrected chi connectivity index (χ4v) is 4.13. The Hall–Kier alpha value is -2.49. The first-order valence-electron chi connectivity index (χ1n) is 8.71. The van der Waals surface area contributed by atoms with Gasteiger partial charge in [0.05, 0.1) is 0 Å². The van der Waals surface area contributed by atoms with Gasteiger partial charge in [0, 0.05) is 28.4 Å². The standard InChI is InChI=1S/C22H18Cl2N2O/c23-17-9-7-16(8-10-17)22(24)20-4-2-1-3-19(20)21(27)26(22)14-13-15-5-11-18(25)12-6-15/h1-12H,13-14,25H2. The Labute approximate surface area is 168 Å². The highest BCUT2D eigenvalue weighted by Crippen LogP contribution is 2.47. The van der Waals surface area contributed by atoms with Crippen LogP contribution in [0.4, 0.5) is 5.69 Å². The second kappa shape index (κ2) is 6.91. The highest BCUT2D eigenvalue weighted by molar-refractivity contribution is 6.31. The summed E-state index contributed by atoms with van der Waals surface area (Å²) in [6, 6.07) is 22.5. The molecule has 27 heavy (non-hydrogen) atoms. The van der Waals surface area contributed by atoms with Crippen LogP contribution in [0.2, 0.25) is 5.02 Å². The SMILES string of the molecule is Nc1ccc(CCN2C(=O)c3ccccc3C2(Cl)c2ccc(Cl)cc2)cc1. The van der Waals surface area contributed by atoms with E-state index in [0.717, 1.165) is 22.4 Å². The maximum atomic E-state index is 13.1. The fourth-order valence-electron chi connectivity index (χ4n) is 3.55. The molecular formula is C22H18Cl2N2O. The summed E-state index contributed by atoms with van der Waals surface area (Å²) in [7, 11) is 0. The van der Waals surface area contributed by atoms with Crippen molar-refractivity contribution in [3.8, 4) is 0 Å². The van der Waals surface area contributed by atoms with Crippen molar-refractivity contribution in [2.24, 2.45) is 0 Å². The van der Waals surface area contributed by atoms with Gasteiger partial charge in [-0.3, -0.25) is 4.79 Å². The molecule has 1 aliphatic rings. The van der Waals surface area contributed by atoms with Crippen molar-refractivity contribution in [3.05, 3.63) is 100 Å². The first-order chi connectivity index (χ1) is 13.0. The summed E-state index contributed by atoms with van der Waals surface area (Å²) in [5.74, 6) is -0.0639. The van der Waals surface area contributed by atoms with Gasteiger partial charge in [-0.1, -0.05) is 65.7 Å². The third kappa shape index (κ3) is 3.07. The number of nitrogens with two attached hydrogens (primary N) is 1. The number of rotatable bonds is 4. The molecule has 1 unspecified atom stereocenters. The number of hydrogen-bond donors (Lipinski definition) is 1. The lowest BCUT2D eigenvalue weighted by molar-refractivity contribution is 0.0720. The monoisotopic (exact) mass is 396 g/mol. The fraction of sp³-hybridized carbons (Fsp3) is 0.136. The van der Waals surface area contributed by atoms with Gasteiger partial charge in [0.15, 0.2) is 5.00 Å². The molecule has 0 bridgehead atoms. The minimum absolute atomic E-state index is 0.0639. The van der Waals surface area contributed by atoms with Crippen LogP contribution < -0.4 is 5.73 Å². The lowest BCUT2D eigenvalue weighted by Crippen LogP contribution is -2.41. The van der Waals surface area contributed by atoms with E-state index in [2.05, 4.69) is 0 Å². The predicted octanol–water partition coefficient (Wildman–Crippen LogP) is 5.06. The zero-order chi connectivity index (χ0) is 19.0. The second-order valence-corrected chi connectivity index (χ2v) is 7.61. The summed E-state index contributed by atoms with van der Waals surface area (Å²) in [4.78, 5) is 13.8. The molecule has 0 spiro atoms. The number of anilines is 1. The molecule has 5 heteroatoms. The molecule has 3 aromatic rings. The van der Waals surface area contributed by atoms with Crippen molar-refractivity contribution in [3.63, 3.8) is 0 Å². The molecule has 1 atom stereocenters. The molecule has 0 aromatic heterocycles. The number of halogens is 2. The van der Waals surface area contributed by atoms with Crippen LogP contribution >= 0.6 is 23.2 Å². The smallest absolute Gasteiger partial charge is 0.256 e. The maximum absolute atomic E-state index is 13.1. The number of amides is 1. The average Bonchev–Trinajstić information content (AvgIpc) is 2.90.